The van der Waals surface area contributed by atoms with E-state index in [1.54, 1.807) is 6.33 Å². The van der Waals surface area contributed by atoms with Gasteiger partial charge >= 0.3 is 0 Å². The maximum absolute atomic E-state index is 4.07. The smallest absolute Gasteiger partial charge is 0.116 e. The summed E-state index contributed by atoms with van der Waals surface area (Å²) in [5.74, 6) is 0. The molecule has 2 rings (SSSR count). The molecule has 2 nitrogen and oxygen atoms in total. The second kappa shape index (κ2) is 3.52. The molecule has 0 spiro atoms. The van der Waals surface area contributed by atoms with Crippen LogP contribution in [0.5, 0.6) is 0 Å². The van der Waals surface area contributed by atoms with Crippen molar-refractivity contribution >= 4 is 29.8 Å². The Labute approximate surface area is 76.8 Å². The van der Waals surface area contributed by atoms with Gasteiger partial charge in [0.1, 0.15) is 6.33 Å². The van der Waals surface area contributed by atoms with Crippen LogP contribution >= 0.6 is 0 Å². The van der Waals surface area contributed by atoms with Gasteiger partial charge in [0.05, 0.1) is 5.52 Å². The molecule has 0 saturated heterocycles. The monoisotopic (exact) mass is 137 g/mol. The zero-order valence-corrected chi connectivity index (χ0v) is 6.36. The molecule has 11 heavy (non-hydrogen) atoms. The van der Waals surface area contributed by atoms with Crippen LogP contribution in [-0.2, 0) is 0 Å². The normalized spacial score (nSPS) is 9.09. The molecule has 0 aliphatic heterocycles. The second-order valence-electron chi connectivity index (χ2n) is 2.08. The van der Waals surface area contributed by atoms with Crippen LogP contribution in [0.25, 0.3) is 10.9 Å². The third kappa shape index (κ3) is 1.59. The molecular weight excluding hydrogens is 131 g/mol. The molecule has 0 N–H and O–H groups in total. The fourth-order valence-corrected chi connectivity index (χ4v) is 0.923. The zero-order chi connectivity index (χ0) is 6.81. The first-order valence-electron chi connectivity index (χ1n) is 3.11. The molecule has 1 aromatic carbocycles. The SMILES string of the molecule is [Li].c1ccc2ncncc2c1. The summed E-state index contributed by atoms with van der Waals surface area (Å²) in [5, 5.41) is 1.09. The van der Waals surface area contributed by atoms with E-state index in [9.17, 15) is 0 Å². The number of aromatic nitrogens is 2. The van der Waals surface area contributed by atoms with E-state index in [2.05, 4.69) is 9.97 Å². The molecular formula is C8H6LiN2. The topological polar surface area (TPSA) is 25.8 Å². The third-order valence-electron chi connectivity index (χ3n) is 1.41. The van der Waals surface area contributed by atoms with E-state index in [4.69, 9.17) is 0 Å². The minimum absolute atomic E-state index is 0. The Kier molecular flexibility index (Phi) is 2.64. The first kappa shape index (κ1) is 8.26. The van der Waals surface area contributed by atoms with Crippen molar-refractivity contribution < 1.29 is 0 Å². The summed E-state index contributed by atoms with van der Waals surface area (Å²) in [4.78, 5) is 7.97. The zero-order valence-electron chi connectivity index (χ0n) is 6.36. The van der Waals surface area contributed by atoms with Crippen LogP contribution in [0, 0.1) is 0 Å². The fourth-order valence-electron chi connectivity index (χ4n) is 0.923. The summed E-state index contributed by atoms with van der Waals surface area (Å²) in [6, 6.07) is 7.91. The Bertz CT molecular complexity index is 283. The minimum Gasteiger partial charge on any atom is -0.244 e. The van der Waals surface area contributed by atoms with Crippen molar-refractivity contribution in [2.45, 2.75) is 0 Å². The minimum atomic E-state index is 0. The molecule has 0 unspecified atom stereocenters. The quantitative estimate of drug-likeness (QED) is 0.510. The number of nitrogens with zero attached hydrogens (tertiary/aromatic N) is 2. The molecule has 0 atom stereocenters. The van der Waals surface area contributed by atoms with Gasteiger partial charge < -0.3 is 0 Å². The standard InChI is InChI=1S/C8H6N2.Li/c1-2-4-8-7(3-1)5-9-6-10-8;/h1-6H;. The number of para-hydroxylation sites is 1. The van der Waals surface area contributed by atoms with Crippen LogP contribution in [0.4, 0.5) is 0 Å². The molecule has 2 aromatic rings. The number of hydrogen-bond acceptors (Lipinski definition) is 2. The number of fused-ring (bicyclic) bond motifs is 1. The maximum atomic E-state index is 4.07. The largest absolute Gasteiger partial charge is 0.244 e. The molecule has 0 amide bonds. The van der Waals surface area contributed by atoms with Gasteiger partial charge in [0, 0.05) is 30.4 Å². The molecule has 3 heteroatoms. The predicted octanol–water partition coefficient (Wildman–Crippen LogP) is 1.25. The van der Waals surface area contributed by atoms with E-state index >= 15 is 0 Å². The van der Waals surface area contributed by atoms with Crippen molar-refractivity contribution in [2.75, 3.05) is 0 Å². The van der Waals surface area contributed by atoms with Gasteiger partial charge in [-0.05, 0) is 6.07 Å². The van der Waals surface area contributed by atoms with Crippen molar-refractivity contribution in [3.63, 3.8) is 0 Å². The molecule has 0 fully saturated rings. The summed E-state index contributed by atoms with van der Waals surface area (Å²) in [5.41, 5.74) is 0.998. The van der Waals surface area contributed by atoms with Gasteiger partial charge in [-0.25, -0.2) is 9.97 Å². The van der Waals surface area contributed by atoms with Crippen molar-refractivity contribution in [2.24, 2.45) is 0 Å². The first-order chi connectivity index (χ1) is 4.97. The molecule has 0 bridgehead atoms. The maximum Gasteiger partial charge on any atom is 0.116 e. The van der Waals surface area contributed by atoms with Crippen LogP contribution < -0.4 is 0 Å². The van der Waals surface area contributed by atoms with Crippen LogP contribution in [0.15, 0.2) is 36.8 Å². The van der Waals surface area contributed by atoms with E-state index in [1.165, 1.54) is 0 Å². The van der Waals surface area contributed by atoms with E-state index in [1.807, 2.05) is 30.5 Å². The Morgan fingerprint density at radius 1 is 1.09 bits per heavy atom. The molecule has 49 valence electrons. The van der Waals surface area contributed by atoms with Crippen LogP contribution in [0.1, 0.15) is 0 Å². The number of hydrogen-bond donors (Lipinski definition) is 0. The molecule has 1 heterocycles. The average Bonchev–Trinajstić information content (AvgIpc) is 2.05. The third-order valence-corrected chi connectivity index (χ3v) is 1.41. The van der Waals surface area contributed by atoms with Crippen molar-refractivity contribution in [3.8, 4) is 0 Å². The predicted molar refractivity (Wildman–Crippen MR) is 45.3 cm³/mol. The van der Waals surface area contributed by atoms with E-state index in [-0.39, 0.29) is 18.9 Å². The van der Waals surface area contributed by atoms with Crippen LogP contribution in [0.2, 0.25) is 0 Å². The first-order valence-corrected chi connectivity index (χ1v) is 3.11. The van der Waals surface area contributed by atoms with Crippen molar-refractivity contribution in [3.05, 3.63) is 36.8 Å². The molecule has 0 saturated carbocycles. The summed E-state index contributed by atoms with van der Waals surface area (Å²) >= 11 is 0. The summed E-state index contributed by atoms with van der Waals surface area (Å²) in [6.45, 7) is 0. The van der Waals surface area contributed by atoms with Gasteiger partial charge in [-0.3, -0.25) is 0 Å². The van der Waals surface area contributed by atoms with Gasteiger partial charge in [-0.15, -0.1) is 0 Å². The van der Waals surface area contributed by atoms with E-state index in [0.29, 0.717) is 0 Å². The Hall–Kier alpha value is -0.843. The van der Waals surface area contributed by atoms with Gasteiger partial charge in [-0.1, -0.05) is 18.2 Å². The molecule has 1 aromatic heterocycles. The van der Waals surface area contributed by atoms with Crippen molar-refractivity contribution in [1.29, 1.82) is 0 Å². The van der Waals surface area contributed by atoms with Gasteiger partial charge in [-0.2, -0.15) is 0 Å². The molecule has 0 aliphatic rings. The number of benzene rings is 1. The summed E-state index contributed by atoms with van der Waals surface area (Å²) < 4.78 is 0. The average molecular weight is 137 g/mol. The Balaban J connectivity index is 0.000000605. The van der Waals surface area contributed by atoms with E-state index < -0.39 is 0 Å². The Morgan fingerprint density at radius 2 is 1.91 bits per heavy atom. The van der Waals surface area contributed by atoms with Crippen LogP contribution in [-0.4, -0.2) is 28.8 Å². The van der Waals surface area contributed by atoms with Gasteiger partial charge in [0.15, 0.2) is 0 Å². The van der Waals surface area contributed by atoms with Gasteiger partial charge in [0.2, 0.25) is 0 Å². The fraction of sp³-hybridized carbons (Fsp3) is 0. The second-order valence-corrected chi connectivity index (χ2v) is 2.08. The van der Waals surface area contributed by atoms with Gasteiger partial charge in [0.25, 0.3) is 0 Å². The summed E-state index contributed by atoms with van der Waals surface area (Å²) in [6.07, 6.45) is 3.37. The molecule has 0 aliphatic carbocycles. The Morgan fingerprint density at radius 3 is 2.73 bits per heavy atom. The van der Waals surface area contributed by atoms with Crippen molar-refractivity contribution in [1.82, 2.24) is 9.97 Å². The van der Waals surface area contributed by atoms with Crippen LogP contribution in [0.3, 0.4) is 0 Å². The molecule has 1 radical (unpaired) electrons. The summed E-state index contributed by atoms with van der Waals surface area (Å²) in [7, 11) is 0. The van der Waals surface area contributed by atoms with E-state index in [0.717, 1.165) is 10.9 Å². The number of rotatable bonds is 0.